The van der Waals surface area contributed by atoms with Crippen LogP contribution in [-0.4, -0.2) is 23.0 Å². The molecule has 0 saturated heterocycles. The third-order valence-corrected chi connectivity index (χ3v) is 3.68. The maximum atomic E-state index is 5.81. The molecule has 21 heavy (non-hydrogen) atoms. The van der Waals surface area contributed by atoms with E-state index in [-0.39, 0.29) is 0 Å². The van der Waals surface area contributed by atoms with Crippen molar-refractivity contribution in [2.24, 2.45) is 5.73 Å². The molecule has 4 nitrogen and oxygen atoms in total. The van der Waals surface area contributed by atoms with Gasteiger partial charge >= 0.3 is 0 Å². The molecule has 0 amide bonds. The fourth-order valence-corrected chi connectivity index (χ4v) is 2.75. The molecular weight excluding hydrogens is 262 g/mol. The summed E-state index contributed by atoms with van der Waals surface area (Å²) in [7, 11) is 1.68. The van der Waals surface area contributed by atoms with E-state index in [4.69, 9.17) is 15.5 Å². The summed E-state index contributed by atoms with van der Waals surface area (Å²) in [5.41, 5.74) is 11.0. The first kappa shape index (κ1) is 13.6. The van der Waals surface area contributed by atoms with Gasteiger partial charge in [-0.15, -0.1) is 0 Å². The Labute approximate surface area is 124 Å². The van der Waals surface area contributed by atoms with Crippen LogP contribution >= 0.6 is 0 Å². The summed E-state index contributed by atoms with van der Waals surface area (Å²) in [5.74, 6) is 0.830. The molecule has 0 atom stereocenters. The Morgan fingerprint density at radius 3 is 2.71 bits per heavy atom. The van der Waals surface area contributed by atoms with E-state index in [0.717, 1.165) is 40.5 Å². The molecule has 2 aromatic heterocycles. The van der Waals surface area contributed by atoms with Crippen molar-refractivity contribution < 1.29 is 4.74 Å². The number of nitrogens with two attached hydrogens (primary N) is 1. The number of nitrogens with zero attached hydrogens (tertiary/aromatic N) is 2. The molecule has 3 rings (SSSR count). The van der Waals surface area contributed by atoms with Crippen LogP contribution in [0.15, 0.2) is 42.5 Å². The van der Waals surface area contributed by atoms with Crippen LogP contribution in [0.1, 0.15) is 11.4 Å². The van der Waals surface area contributed by atoms with Gasteiger partial charge in [-0.05, 0) is 37.7 Å². The molecule has 108 valence electrons. The summed E-state index contributed by atoms with van der Waals surface area (Å²) >= 11 is 0. The number of benzene rings is 1. The summed E-state index contributed by atoms with van der Waals surface area (Å²) in [4.78, 5) is 4.80. The van der Waals surface area contributed by atoms with Crippen LogP contribution in [0.5, 0.6) is 5.75 Å². The van der Waals surface area contributed by atoms with Crippen LogP contribution < -0.4 is 10.5 Å². The molecule has 0 radical (unpaired) electrons. The summed E-state index contributed by atoms with van der Waals surface area (Å²) in [6, 6.07) is 14.1. The number of fused-ring (bicyclic) bond motifs is 1. The Morgan fingerprint density at radius 2 is 1.95 bits per heavy atom. The van der Waals surface area contributed by atoms with Crippen molar-refractivity contribution in [3.05, 3.63) is 53.9 Å². The lowest BCUT2D eigenvalue weighted by Gasteiger charge is -2.09. The molecule has 0 saturated carbocycles. The number of aryl methyl sites for hydroxylation is 1. The lowest BCUT2D eigenvalue weighted by molar-refractivity contribution is 0.416. The summed E-state index contributed by atoms with van der Waals surface area (Å²) < 4.78 is 7.65. The van der Waals surface area contributed by atoms with Crippen molar-refractivity contribution in [2.75, 3.05) is 13.7 Å². The molecule has 0 aliphatic carbocycles. The highest BCUT2D eigenvalue weighted by molar-refractivity contribution is 5.72. The van der Waals surface area contributed by atoms with Gasteiger partial charge in [0.05, 0.1) is 18.5 Å². The maximum Gasteiger partial charge on any atom is 0.137 e. The van der Waals surface area contributed by atoms with Gasteiger partial charge in [-0.1, -0.05) is 18.2 Å². The minimum Gasteiger partial charge on any atom is -0.496 e. The maximum absolute atomic E-state index is 5.81. The average molecular weight is 281 g/mol. The van der Waals surface area contributed by atoms with Crippen LogP contribution in [0.4, 0.5) is 0 Å². The van der Waals surface area contributed by atoms with Gasteiger partial charge in [0.25, 0.3) is 0 Å². The number of pyridine rings is 1. The number of aromatic nitrogens is 2. The highest BCUT2D eigenvalue weighted by atomic mass is 16.5. The second kappa shape index (κ2) is 5.58. The third kappa shape index (κ3) is 2.28. The standard InChI is InChI=1S/C17H19N3O/c1-12-6-5-9-16-19-17(14(10-11-18)20(12)16)13-7-3-4-8-15(13)21-2/h3-9H,10-11,18H2,1-2H3. The number of imidazole rings is 1. The van der Waals surface area contributed by atoms with Crippen molar-refractivity contribution in [2.45, 2.75) is 13.3 Å². The summed E-state index contributed by atoms with van der Waals surface area (Å²) in [5, 5.41) is 0. The molecule has 0 aliphatic heterocycles. The minimum absolute atomic E-state index is 0.588. The molecule has 0 aliphatic rings. The van der Waals surface area contributed by atoms with Crippen molar-refractivity contribution >= 4 is 5.65 Å². The van der Waals surface area contributed by atoms with Gasteiger partial charge in [0.15, 0.2) is 0 Å². The van der Waals surface area contributed by atoms with Crippen molar-refractivity contribution in [3.63, 3.8) is 0 Å². The van der Waals surface area contributed by atoms with Gasteiger partial charge in [-0.2, -0.15) is 0 Å². The van der Waals surface area contributed by atoms with E-state index in [2.05, 4.69) is 17.4 Å². The predicted molar refractivity (Wildman–Crippen MR) is 84.7 cm³/mol. The number of hydrogen-bond donors (Lipinski definition) is 1. The molecule has 2 N–H and O–H groups in total. The Bertz CT molecular complexity index is 777. The molecule has 0 bridgehead atoms. The van der Waals surface area contributed by atoms with Gasteiger partial charge in [0.2, 0.25) is 0 Å². The van der Waals surface area contributed by atoms with Crippen LogP contribution in [0, 0.1) is 6.92 Å². The molecule has 0 unspecified atom stereocenters. The largest absolute Gasteiger partial charge is 0.496 e. The number of rotatable bonds is 4. The normalized spacial score (nSPS) is 11.0. The third-order valence-electron chi connectivity index (χ3n) is 3.68. The Morgan fingerprint density at radius 1 is 1.14 bits per heavy atom. The molecule has 4 heteroatoms. The van der Waals surface area contributed by atoms with Gasteiger partial charge in [0.1, 0.15) is 11.4 Å². The zero-order valence-corrected chi connectivity index (χ0v) is 12.3. The fourth-order valence-electron chi connectivity index (χ4n) is 2.75. The Hall–Kier alpha value is -2.33. The van der Waals surface area contributed by atoms with Gasteiger partial charge in [-0.3, -0.25) is 0 Å². The minimum atomic E-state index is 0.588. The van der Waals surface area contributed by atoms with Gasteiger partial charge in [-0.25, -0.2) is 4.98 Å². The second-order valence-corrected chi connectivity index (χ2v) is 5.01. The van der Waals surface area contributed by atoms with E-state index < -0.39 is 0 Å². The summed E-state index contributed by atoms with van der Waals surface area (Å²) in [6.07, 6.45) is 0.777. The zero-order chi connectivity index (χ0) is 14.8. The van der Waals surface area contributed by atoms with Crippen LogP contribution in [-0.2, 0) is 6.42 Å². The predicted octanol–water partition coefficient (Wildman–Crippen LogP) is 2.82. The first-order chi connectivity index (χ1) is 10.3. The Balaban J connectivity index is 2.31. The molecule has 0 spiro atoms. The number of para-hydroxylation sites is 1. The van der Waals surface area contributed by atoms with E-state index in [1.807, 2.05) is 36.4 Å². The smallest absolute Gasteiger partial charge is 0.137 e. The van der Waals surface area contributed by atoms with E-state index >= 15 is 0 Å². The van der Waals surface area contributed by atoms with E-state index in [1.54, 1.807) is 7.11 Å². The van der Waals surface area contributed by atoms with E-state index in [0.29, 0.717) is 6.54 Å². The highest BCUT2D eigenvalue weighted by Gasteiger charge is 2.17. The SMILES string of the molecule is COc1ccccc1-c1nc2cccc(C)n2c1CCN. The van der Waals surface area contributed by atoms with Crippen LogP contribution in [0.3, 0.4) is 0 Å². The van der Waals surface area contributed by atoms with Crippen molar-refractivity contribution in [1.29, 1.82) is 0 Å². The van der Waals surface area contributed by atoms with Crippen LogP contribution in [0.2, 0.25) is 0 Å². The monoisotopic (exact) mass is 281 g/mol. The summed E-state index contributed by atoms with van der Waals surface area (Å²) in [6.45, 7) is 2.67. The molecule has 1 aromatic carbocycles. The molecular formula is C17H19N3O. The quantitative estimate of drug-likeness (QED) is 0.800. The number of methoxy groups -OCH3 is 1. The topological polar surface area (TPSA) is 52.5 Å². The average Bonchev–Trinajstić information content (AvgIpc) is 2.87. The number of hydrogen-bond acceptors (Lipinski definition) is 3. The Kier molecular flexibility index (Phi) is 3.62. The molecule has 0 fully saturated rings. The number of ether oxygens (including phenoxy) is 1. The van der Waals surface area contributed by atoms with Crippen LogP contribution in [0.25, 0.3) is 16.9 Å². The first-order valence-electron chi connectivity index (χ1n) is 7.06. The van der Waals surface area contributed by atoms with E-state index in [9.17, 15) is 0 Å². The van der Waals surface area contributed by atoms with Gasteiger partial charge in [0, 0.05) is 17.7 Å². The second-order valence-electron chi connectivity index (χ2n) is 5.01. The lowest BCUT2D eigenvalue weighted by atomic mass is 10.1. The fraction of sp³-hybridized carbons (Fsp3) is 0.235. The lowest BCUT2D eigenvalue weighted by Crippen LogP contribution is -2.07. The highest BCUT2D eigenvalue weighted by Crippen LogP contribution is 2.32. The zero-order valence-electron chi connectivity index (χ0n) is 12.3. The van der Waals surface area contributed by atoms with Gasteiger partial charge < -0.3 is 14.9 Å². The first-order valence-corrected chi connectivity index (χ1v) is 7.06. The van der Waals surface area contributed by atoms with Crippen molar-refractivity contribution in [3.8, 4) is 17.0 Å². The van der Waals surface area contributed by atoms with Crippen molar-refractivity contribution in [1.82, 2.24) is 9.38 Å². The molecule has 3 aromatic rings. The molecule has 2 heterocycles. The van der Waals surface area contributed by atoms with E-state index in [1.165, 1.54) is 0 Å².